The minimum absolute atomic E-state index is 0.307. The first-order valence-electron chi connectivity index (χ1n) is 8.23. The van der Waals surface area contributed by atoms with E-state index in [1.165, 1.54) is 44.4 Å². The monoisotopic (exact) mass is 391 g/mol. The second kappa shape index (κ2) is 6.99. The predicted octanol–water partition coefficient (Wildman–Crippen LogP) is 3.90. The lowest BCUT2D eigenvalue weighted by atomic mass is 10.0. The number of para-hydroxylation sites is 1. The molecule has 0 bridgehead atoms. The van der Waals surface area contributed by atoms with Crippen LogP contribution in [0.4, 0.5) is 18.9 Å². The van der Waals surface area contributed by atoms with E-state index in [9.17, 15) is 22.8 Å². The van der Waals surface area contributed by atoms with Gasteiger partial charge in [-0.05, 0) is 44.2 Å². The summed E-state index contributed by atoms with van der Waals surface area (Å²) in [6.07, 6.45) is -3.21. The lowest BCUT2D eigenvalue weighted by molar-refractivity contribution is -0.137. The topological polar surface area (TPSA) is 77.1 Å². The Morgan fingerprint density at radius 1 is 1.07 bits per heavy atom. The third-order valence-corrected chi connectivity index (χ3v) is 4.14. The summed E-state index contributed by atoms with van der Waals surface area (Å²) in [5.74, 6) is -0.442. The highest BCUT2D eigenvalue weighted by molar-refractivity contribution is 5.96. The average molecular weight is 391 g/mol. The van der Waals surface area contributed by atoms with E-state index in [0.29, 0.717) is 11.5 Å². The molecule has 2 aromatic heterocycles. The number of halogens is 3. The number of nitrogens with zero attached hydrogens (tertiary/aromatic N) is 2. The summed E-state index contributed by atoms with van der Waals surface area (Å²) in [6, 6.07) is 10.5. The summed E-state index contributed by atoms with van der Waals surface area (Å²) in [4.78, 5) is 25.0. The van der Waals surface area contributed by atoms with Crippen LogP contribution in [0.5, 0.6) is 0 Å². The van der Waals surface area contributed by atoms with E-state index >= 15 is 0 Å². The molecule has 0 aliphatic heterocycles. The minimum Gasteiger partial charge on any atom is -0.463 e. The zero-order chi connectivity index (χ0) is 20.5. The first-order valence-corrected chi connectivity index (χ1v) is 8.23. The van der Waals surface area contributed by atoms with Gasteiger partial charge in [-0.3, -0.25) is 9.59 Å². The maximum absolute atomic E-state index is 13.2. The number of carbonyl (C=O) groups excluding carboxylic acids is 1. The third kappa shape index (κ3) is 3.68. The molecule has 3 rings (SSSR count). The highest BCUT2D eigenvalue weighted by Crippen LogP contribution is 2.35. The molecule has 0 radical (unpaired) electrons. The van der Waals surface area contributed by atoms with Gasteiger partial charge in [-0.1, -0.05) is 12.1 Å². The molecule has 0 fully saturated rings. The van der Waals surface area contributed by atoms with Crippen LogP contribution in [0.2, 0.25) is 0 Å². The van der Waals surface area contributed by atoms with Gasteiger partial charge in [0.25, 0.3) is 11.5 Å². The Kier molecular flexibility index (Phi) is 4.84. The summed E-state index contributed by atoms with van der Waals surface area (Å²) in [7, 11) is 0. The van der Waals surface area contributed by atoms with Gasteiger partial charge < -0.3 is 9.73 Å². The maximum Gasteiger partial charge on any atom is 0.418 e. The molecule has 9 heteroatoms. The predicted molar refractivity (Wildman–Crippen MR) is 95.6 cm³/mol. The number of anilines is 1. The number of alkyl halides is 3. The highest BCUT2D eigenvalue weighted by atomic mass is 19.4. The van der Waals surface area contributed by atoms with E-state index < -0.39 is 34.4 Å². The van der Waals surface area contributed by atoms with Crippen molar-refractivity contribution in [3.05, 3.63) is 70.7 Å². The van der Waals surface area contributed by atoms with Gasteiger partial charge in [0.15, 0.2) is 5.76 Å². The number of nitrogens with one attached hydrogen (secondary N) is 1. The lowest BCUT2D eigenvalue weighted by Gasteiger charge is -2.26. The summed E-state index contributed by atoms with van der Waals surface area (Å²) in [5.41, 5.74) is -3.23. The van der Waals surface area contributed by atoms with Crippen LogP contribution < -0.4 is 10.9 Å². The van der Waals surface area contributed by atoms with Gasteiger partial charge in [-0.2, -0.15) is 18.3 Å². The van der Waals surface area contributed by atoms with Gasteiger partial charge in [-0.15, -0.1) is 0 Å². The molecule has 6 nitrogen and oxygen atoms in total. The van der Waals surface area contributed by atoms with Crippen molar-refractivity contribution < 1.29 is 22.4 Å². The minimum atomic E-state index is -4.64. The highest BCUT2D eigenvalue weighted by Gasteiger charge is 2.37. The molecule has 0 unspecified atom stereocenters. The molecule has 0 saturated heterocycles. The van der Waals surface area contributed by atoms with Gasteiger partial charge in [0.2, 0.25) is 0 Å². The maximum atomic E-state index is 13.2. The second-order valence-electron chi connectivity index (χ2n) is 6.50. The van der Waals surface area contributed by atoms with Crippen LogP contribution in [-0.4, -0.2) is 15.7 Å². The molecule has 1 amide bonds. The molecule has 0 atom stereocenters. The summed E-state index contributed by atoms with van der Waals surface area (Å²) in [6.45, 7) is 2.78. The standard InChI is InChI=1S/C19H16F3N3O3/c1-18(2,17(27)23-13-7-4-3-6-12(13)19(20,21)22)25-16(26)10-9-14(24-25)15-8-5-11-28-15/h3-11H,1-2H3,(H,23,27). The number of furan rings is 1. The molecule has 0 aliphatic rings. The van der Waals surface area contributed by atoms with Crippen molar-refractivity contribution >= 4 is 11.6 Å². The van der Waals surface area contributed by atoms with Crippen molar-refractivity contribution in [3.8, 4) is 11.5 Å². The van der Waals surface area contributed by atoms with Crippen molar-refractivity contribution in [2.45, 2.75) is 25.6 Å². The second-order valence-corrected chi connectivity index (χ2v) is 6.50. The fourth-order valence-electron chi connectivity index (χ4n) is 2.58. The zero-order valence-electron chi connectivity index (χ0n) is 14.9. The molecule has 1 N–H and O–H groups in total. The van der Waals surface area contributed by atoms with Crippen LogP contribution >= 0.6 is 0 Å². The van der Waals surface area contributed by atoms with Gasteiger partial charge >= 0.3 is 6.18 Å². The van der Waals surface area contributed by atoms with Crippen molar-refractivity contribution in [2.75, 3.05) is 5.32 Å². The van der Waals surface area contributed by atoms with Gasteiger partial charge in [-0.25, -0.2) is 4.68 Å². The zero-order valence-corrected chi connectivity index (χ0v) is 14.9. The number of carbonyl (C=O) groups is 1. The number of rotatable bonds is 4. The van der Waals surface area contributed by atoms with E-state index in [-0.39, 0.29) is 0 Å². The number of hydrogen-bond donors (Lipinski definition) is 1. The van der Waals surface area contributed by atoms with Crippen molar-refractivity contribution in [1.29, 1.82) is 0 Å². The first kappa shape index (κ1) is 19.4. The Labute approximate surface area is 157 Å². The Hall–Kier alpha value is -3.36. The van der Waals surface area contributed by atoms with Crippen molar-refractivity contribution in [2.24, 2.45) is 0 Å². The Bertz CT molecular complexity index is 1050. The van der Waals surface area contributed by atoms with Crippen LogP contribution in [0.25, 0.3) is 11.5 Å². The van der Waals surface area contributed by atoms with Crippen LogP contribution in [0, 0.1) is 0 Å². The molecule has 2 heterocycles. The normalized spacial score (nSPS) is 12.0. The third-order valence-electron chi connectivity index (χ3n) is 4.14. The number of amides is 1. The van der Waals surface area contributed by atoms with E-state index in [1.807, 2.05) is 0 Å². The molecular weight excluding hydrogens is 375 g/mol. The van der Waals surface area contributed by atoms with E-state index in [0.717, 1.165) is 16.8 Å². The number of aromatic nitrogens is 2. The quantitative estimate of drug-likeness (QED) is 0.732. The van der Waals surface area contributed by atoms with E-state index in [2.05, 4.69) is 10.4 Å². The molecule has 146 valence electrons. The van der Waals surface area contributed by atoms with Crippen LogP contribution in [-0.2, 0) is 16.5 Å². The lowest BCUT2D eigenvalue weighted by Crippen LogP contribution is -2.47. The molecule has 1 aromatic carbocycles. The van der Waals surface area contributed by atoms with Crippen molar-refractivity contribution in [1.82, 2.24) is 9.78 Å². The fourth-order valence-corrected chi connectivity index (χ4v) is 2.58. The Morgan fingerprint density at radius 2 is 1.79 bits per heavy atom. The molecule has 28 heavy (non-hydrogen) atoms. The first-order chi connectivity index (χ1) is 13.1. The molecule has 0 saturated carbocycles. The molecule has 3 aromatic rings. The Balaban J connectivity index is 1.97. The molecule has 0 spiro atoms. The van der Waals surface area contributed by atoms with Gasteiger partial charge in [0.1, 0.15) is 11.2 Å². The smallest absolute Gasteiger partial charge is 0.418 e. The van der Waals surface area contributed by atoms with E-state index in [4.69, 9.17) is 4.42 Å². The van der Waals surface area contributed by atoms with Gasteiger partial charge in [0, 0.05) is 6.07 Å². The van der Waals surface area contributed by atoms with Crippen LogP contribution in [0.15, 0.2) is 64.0 Å². The van der Waals surface area contributed by atoms with Crippen LogP contribution in [0.1, 0.15) is 19.4 Å². The summed E-state index contributed by atoms with van der Waals surface area (Å²) >= 11 is 0. The van der Waals surface area contributed by atoms with Crippen LogP contribution in [0.3, 0.4) is 0 Å². The summed E-state index contributed by atoms with van der Waals surface area (Å²) in [5, 5.41) is 6.40. The average Bonchev–Trinajstić information content (AvgIpc) is 3.16. The van der Waals surface area contributed by atoms with E-state index in [1.54, 1.807) is 12.1 Å². The summed E-state index contributed by atoms with van der Waals surface area (Å²) < 4.78 is 45.6. The van der Waals surface area contributed by atoms with Gasteiger partial charge in [0.05, 0.1) is 17.5 Å². The SMILES string of the molecule is CC(C)(C(=O)Nc1ccccc1C(F)(F)F)n1nc(-c2ccco2)ccc1=O. The largest absolute Gasteiger partial charge is 0.463 e. The van der Waals surface area contributed by atoms with Crippen molar-refractivity contribution in [3.63, 3.8) is 0 Å². The molecule has 0 aliphatic carbocycles. The molecular formula is C19H16F3N3O3. The number of benzene rings is 1. The fraction of sp³-hybridized carbons (Fsp3) is 0.211. The number of hydrogen-bond acceptors (Lipinski definition) is 4. The Morgan fingerprint density at radius 3 is 2.43 bits per heavy atom.